The number of carbonyl (C=O) groups excluding carboxylic acids is 1. The van der Waals surface area contributed by atoms with E-state index >= 15 is 0 Å². The van der Waals surface area contributed by atoms with Crippen molar-refractivity contribution in [2.24, 2.45) is 11.8 Å². The van der Waals surface area contributed by atoms with E-state index < -0.39 is 0 Å². The number of hydrogen-bond donors (Lipinski definition) is 1. The highest BCUT2D eigenvalue weighted by Crippen LogP contribution is 2.20. The molecule has 29 heavy (non-hydrogen) atoms. The summed E-state index contributed by atoms with van der Waals surface area (Å²) in [6, 6.07) is 11.1. The summed E-state index contributed by atoms with van der Waals surface area (Å²) in [6.45, 7) is 10.5. The molecular weight excluding hydrogens is 364 g/mol. The first-order chi connectivity index (χ1) is 13.9. The molecule has 1 amide bonds. The normalized spacial score (nSPS) is 19.8. The minimum Gasteiger partial charge on any atom is -0.354 e. The number of likely N-dealkylation sites (tertiary alicyclic amines) is 1. The van der Waals surface area contributed by atoms with E-state index in [1.54, 1.807) is 6.07 Å². The quantitative estimate of drug-likeness (QED) is 0.731. The van der Waals surface area contributed by atoms with Crippen LogP contribution in [0.2, 0.25) is 0 Å². The zero-order valence-electron chi connectivity index (χ0n) is 17.7. The molecule has 0 aliphatic carbocycles. The maximum atomic E-state index is 12.3. The molecule has 2 aromatic rings. The van der Waals surface area contributed by atoms with Crippen molar-refractivity contribution in [2.45, 2.75) is 40.2 Å². The van der Waals surface area contributed by atoms with Gasteiger partial charge in [-0.3, -0.25) is 9.59 Å². The molecule has 0 spiro atoms. The summed E-state index contributed by atoms with van der Waals surface area (Å²) in [7, 11) is 0. The van der Waals surface area contributed by atoms with Gasteiger partial charge in [-0.1, -0.05) is 43.7 Å². The van der Waals surface area contributed by atoms with E-state index in [0.29, 0.717) is 12.2 Å². The maximum Gasteiger partial charge on any atom is 0.267 e. The van der Waals surface area contributed by atoms with Gasteiger partial charge < -0.3 is 10.2 Å². The molecule has 1 aliphatic heterocycles. The summed E-state index contributed by atoms with van der Waals surface area (Å²) < 4.78 is 1.23. The highest BCUT2D eigenvalue weighted by Gasteiger charge is 2.21. The Morgan fingerprint density at radius 2 is 1.79 bits per heavy atom. The number of amides is 1. The lowest BCUT2D eigenvalue weighted by molar-refractivity contribution is -0.121. The van der Waals surface area contributed by atoms with E-state index in [-0.39, 0.29) is 18.0 Å². The van der Waals surface area contributed by atoms with Crippen LogP contribution < -0.4 is 10.9 Å². The van der Waals surface area contributed by atoms with Gasteiger partial charge in [-0.25, -0.2) is 4.68 Å². The first-order valence-electron chi connectivity index (χ1n) is 10.5. The van der Waals surface area contributed by atoms with Crippen LogP contribution in [-0.4, -0.2) is 46.8 Å². The number of nitrogens with zero attached hydrogens (tertiary/aromatic N) is 3. The van der Waals surface area contributed by atoms with Gasteiger partial charge in [-0.15, -0.1) is 0 Å². The van der Waals surface area contributed by atoms with Gasteiger partial charge in [0, 0.05) is 31.3 Å². The van der Waals surface area contributed by atoms with Crippen LogP contribution in [0.15, 0.2) is 41.2 Å². The van der Waals surface area contributed by atoms with E-state index in [1.807, 2.05) is 31.2 Å². The summed E-state index contributed by atoms with van der Waals surface area (Å²) in [6.07, 6.45) is 2.22. The Hall–Kier alpha value is -2.47. The Morgan fingerprint density at radius 3 is 2.48 bits per heavy atom. The summed E-state index contributed by atoms with van der Waals surface area (Å²) in [5.41, 5.74) is 2.50. The lowest BCUT2D eigenvalue weighted by Gasteiger charge is -2.34. The van der Waals surface area contributed by atoms with Crippen LogP contribution in [-0.2, 0) is 11.3 Å². The number of aryl methyl sites for hydroxylation is 1. The number of piperidine rings is 1. The topological polar surface area (TPSA) is 67.2 Å². The molecule has 1 aromatic carbocycles. The molecule has 0 saturated carbocycles. The highest BCUT2D eigenvalue weighted by molar-refractivity contribution is 5.75. The third-order valence-electron chi connectivity index (χ3n) is 5.43. The average molecular weight is 397 g/mol. The fourth-order valence-electron chi connectivity index (χ4n) is 4.14. The molecule has 2 atom stereocenters. The zero-order chi connectivity index (χ0) is 20.8. The van der Waals surface area contributed by atoms with Crippen molar-refractivity contribution in [3.63, 3.8) is 0 Å². The number of aromatic nitrogens is 2. The molecule has 1 N–H and O–H groups in total. The molecule has 1 aliphatic rings. The first kappa shape index (κ1) is 21.2. The summed E-state index contributed by atoms with van der Waals surface area (Å²) in [4.78, 5) is 26.9. The molecule has 2 heterocycles. The predicted molar refractivity (Wildman–Crippen MR) is 116 cm³/mol. The Morgan fingerprint density at radius 1 is 1.10 bits per heavy atom. The van der Waals surface area contributed by atoms with Crippen LogP contribution >= 0.6 is 0 Å². The Kier molecular flexibility index (Phi) is 7.20. The van der Waals surface area contributed by atoms with Gasteiger partial charge in [0.1, 0.15) is 6.54 Å². The zero-order valence-corrected chi connectivity index (χ0v) is 17.7. The van der Waals surface area contributed by atoms with Gasteiger partial charge in [0.05, 0.1) is 5.69 Å². The van der Waals surface area contributed by atoms with E-state index in [1.165, 1.54) is 17.2 Å². The summed E-state index contributed by atoms with van der Waals surface area (Å²) in [5, 5.41) is 7.29. The molecule has 1 aromatic heterocycles. The molecule has 156 valence electrons. The number of benzene rings is 1. The summed E-state index contributed by atoms with van der Waals surface area (Å²) in [5.74, 6) is 1.31. The fraction of sp³-hybridized carbons (Fsp3) is 0.522. The van der Waals surface area contributed by atoms with Crippen molar-refractivity contribution >= 4 is 5.91 Å². The van der Waals surface area contributed by atoms with Crippen LogP contribution in [0.5, 0.6) is 0 Å². The molecule has 1 saturated heterocycles. The third-order valence-corrected chi connectivity index (χ3v) is 5.43. The monoisotopic (exact) mass is 396 g/mol. The molecule has 1 fully saturated rings. The Bertz CT molecular complexity index is 865. The summed E-state index contributed by atoms with van der Waals surface area (Å²) >= 11 is 0. The van der Waals surface area contributed by atoms with Crippen LogP contribution in [0.1, 0.15) is 32.3 Å². The van der Waals surface area contributed by atoms with E-state index in [2.05, 4.69) is 29.2 Å². The number of carbonyl (C=O) groups is 1. The molecule has 0 radical (unpaired) electrons. The molecule has 6 heteroatoms. The minimum absolute atomic E-state index is 0.0592. The molecule has 0 bridgehead atoms. The molecule has 3 rings (SSSR count). The van der Waals surface area contributed by atoms with Gasteiger partial charge in [-0.05, 0) is 44.2 Å². The van der Waals surface area contributed by atoms with Crippen LogP contribution in [0, 0.1) is 18.8 Å². The van der Waals surface area contributed by atoms with Crippen molar-refractivity contribution in [3.8, 4) is 11.3 Å². The molecule has 6 nitrogen and oxygen atoms in total. The van der Waals surface area contributed by atoms with Crippen molar-refractivity contribution in [1.29, 1.82) is 0 Å². The number of nitrogens with one attached hydrogen (secondary N) is 1. The Balaban J connectivity index is 1.49. The number of rotatable bonds is 7. The van der Waals surface area contributed by atoms with Gasteiger partial charge in [0.25, 0.3) is 5.56 Å². The highest BCUT2D eigenvalue weighted by atomic mass is 16.2. The van der Waals surface area contributed by atoms with Gasteiger partial charge in [0.2, 0.25) is 5.91 Å². The second-order valence-corrected chi connectivity index (χ2v) is 8.49. The van der Waals surface area contributed by atoms with E-state index in [9.17, 15) is 9.59 Å². The van der Waals surface area contributed by atoms with Gasteiger partial charge >= 0.3 is 0 Å². The lowest BCUT2D eigenvalue weighted by atomic mass is 9.92. The average Bonchev–Trinajstić information content (AvgIpc) is 2.67. The smallest absolute Gasteiger partial charge is 0.267 e. The van der Waals surface area contributed by atoms with E-state index in [0.717, 1.165) is 49.0 Å². The predicted octanol–water partition coefficient (Wildman–Crippen LogP) is 2.70. The SMILES string of the molecule is Cc1ccc(-c2ccc(=O)n(CC(=O)NCCCN3CC(C)CC(C)C3)n2)cc1. The second-order valence-electron chi connectivity index (χ2n) is 8.49. The Labute approximate surface area is 172 Å². The largest absolute Gasteiger partial charge is 0.354 e. The van der Waals surface area contributed by atoms with Crippen molar-refractivity contribution < 1.29 is 4.79 Å². The van der Waals surface area contributed by atoms with Crippen LogP contribution in [0.25, 0.3) is 11.3 Å². The molecule has 2 unspecified atom stereocenters. The van der Waals surface area contributed by atoms with Crippen LogP contribution in [0.3, 0.4) is 0 Å². The minimum atomic E-state index is -0.271. The lowest BCUT2D eigenvalue weighted by Crippen LogP contribution is -2.40. The number of hydrogen-bond acceptors (Lipinski definition) is 4. The van der Waals surface area contributed by atoms with Crippen molar-refractivity contribution in [1.82, 2.24) is 20.0 Å². The fourth-order valence-corrected chi connectivity index (χ4v) is 4.14. The van der Waals surface area contributed by atoms with Gasteiger partial charge in [-0.2, -0.15) is 5.10 Å². The van der Waals surface area contributed by atoms with Gasteiger partial charge in [0.15, 0.2) is 0 Å². The van der Waals surface area contributed by atoms with E-state index in [4.69, 9.17) is 0 Å². The van der Waals surface area contributed by atoms with Crippen molar-refractivity contribution in [3.05, 3.63) is 52.3 Å². The first-order valence-corrected chi connectivity index (χ1v) is 10.5. The van der Waals surface area contributed by atoms with Crippen molar-refractivity contribution in [2.75, 3.05) is 26.2 Å². The third kappa shape index (κ3) is 6.26. The standard InChI is InChI=1S/C23H32N4O2/c1-17-5-7-20(8-6-17)21-9-10-23(29)27(25-21)16-22(28)24-11-4-12-26-14-18(2)13-19(3)15-26/h5-10,18-19H,4,11-16H2,1-3H3,(H,24,28). The second kappa shape index (κ2) is 9.83. The van der Waals surface area contributed by atoms with Crippen LogP contribution in [0.4, 0.5) is 0 Å². The maximum absolute atomic E-state index is 12.3. The molecular formula is C23H32N4O2.